The highest BCUT2D eigenvalue weighted by atomic mass is 32.2. The average molecular weight is 353 g/mol. The molecule has 1 aromatic carbocycles. The van der Waals surface area contributed by atoms with Gasteiger partial charge in [0.2, 0.25) is 0 Å². The Balaban J connectivity index is 1.66. The molecule has 0 saturated carbocycles. The minimum absolute atomic E-state index is 0.0962. The molecule has 0 N–H and O–H groups in total. The van der Waals surface area contributed by atoms with Crippen molar-refractivity contribution in [3.63, 3.8) is 0 Å². The van der Waals surface area contributed by atoms with Crippen LogP contribution >= 0.6 is 11.8 Å². The maximum absolute atomic E-state index is 12.8. The Morgan fingerprint density at radius 2 is 2.04 bits per heavy atom. The lowest BCUT2D eigenvalue weighted by molar-refractivity contribution is -0.153. The first-order chi connectivity index (χ1) is 11.6. The van der Waals surface area contributed by atoms with E-state index in [0.717, 1.165) is 37.1 Å². The summed E-state index contributed by atoms with van der Waals surface area (Å²) in [6.45, 7) is 2.67. The maximum Gasteiger partial charge on any atom is 0.307 e. The van der Waals surface area contributed by atoms with Crippen molar-refractivity contribution >= 4 is 23.6 Å². The molecule has 6 heteroatoms. The van der Waals surface area contributed by atoms with Crippen LogP contribution in [0.5, 0.6) is 0 Å². The molecule has 1 aliphatic heterocycles. The van der Waals surface area contributed by atoms with Gasteiger partial charge in [0.05, 0.1) is 6.42 Å². The number of thioether (sulfide) groups is 1. The Hall–Kier alpha value is -1.56. The molecule has 1 atom stereocenters. The molecule has 1 heterocycles. The summed E-state index contributed by atoms with van der Waals surface area (Å²) < 4.78 is 17.9. The smallest absolute Gasteiger partial charge is 0.307 e. The van der Waals surface area contributed by atoms with Crippen LogP contribution in [0.1, 0.15) is 39.0 Å². The van der Waals surface area contributed by atoms with Crippen LogP contribution in [0.3, 0.4) is 0 Å². The van der Waals surface area contributed by atoms with Crippen LogP contribution in [0, 0.1) is 5.82 Å². The topological polar surface area (TPSA) is 46.6 Å². The van der Waals surface area contributed by atoms with E-state index in [4.69, 9.17) is 4.74 Å². The monoisotopic (exact) mass is 353 g/mol. The molecular formula is C18H24FNO3S. The van der Waals surface area contributed by atoms with Gasteiger partial charge in [-0.15, -0.1) is 11.8 Å². The minimum Gasteiger partial charge on any atom is -0.456 e. The molecule has 1 saturated heterocycles. The molecule has 4 nitrogen and oxygen atoms in total. The molecule has 0 bridgehead atoms. The van der Waals surface area contributed by atoms with Crippen molar-refractivity contribution in [1.82, 2.24) is 4.90 Å². The highest BCUT2D eigenvalue weighted by molar-refractivity contribution is 7.99. The van der Waals surface area contributed by atoms with E-state index in [1.54, 1.807) is 12.1 Å². The summed E-state index contributed by atoms with van der Waals surface area (Å²) in [6, 6.07) is 6.41. The third kappa shape index (κ3) is 5.82. The molecule has 0 aliphatic carbocycles. The SMILES string of the molecule is CCC1CCCCN1C(=O)COC(=O)CCSc1ccc(F)cc1. The van der Waals surface area contributed by atoms with Crippen LogP contribution in [-0.4, -0.2) is 41.7 Å². The number of ether oxygens (including phenoxy) is 1. The first-order valence-electron chi connectivity index (χ1n) is 8.43. The van der Waals surface area contributed by atoms with E-state index in [1.165, 1.54) is 23.9 Å². The Kier molecular flexibility index (Phi) is 7.56. The van der Waals surface area contributed by atoms with Gasteiger partial charge in [-0.2, -0.15) is 0 Å². The normalized spacial score (nSPS) is 17.6. The molecule has 0 aromatic heterocycles. The number of piperidine rings is 1. The predicted octanol–water partition coefficient (Wildman–Crippen LogP) is 3.64. The summed E-state index contributed by atoms with van der Waals surface area (Å²) in [5.41, 5.74) is 0. The first kappa shape index (κ1) is 18.8. The number of hydrogen-bond donors (Lipinski definition) is 0. The van der Waals surface area contributed by atoms with E-state index in [1.807, 2.05) is 4.90 Å². The van der Waals surface area contributed by atoms with Gasteiger partial charge in [-0.1, -0.05) is 6.92 Å². The maximum atomic E-state index is 12.8. The summed E-state index contributed by atoms with van der Waals surface area (Å²) >= 11 is 1.46. The zero-order chi connectivity index (χ0) is 17.4. The number of amides is 1. The van der Waals surface area contributed by atoms with Crippen LogP contribution < -0.4 is 0 Å². The number of halogens is 1. The molecule has 2 rings (SSSR count). The predicted molar refractivity (Wildman–Crippen MR) is 92.3 cm³/mol. The summed E-state index contributed by atoms with van der Waals surface area (Å²) in [7, 11) is 0. The van der Waals surface area contributed by atoms with Crippen LogP contribution in [0.4, 0.5) is 4.39 Å². The highest BCUT2D eigenvalue weighted by Gasteiger charge is 2.25. The minimum atomic E-state index is -0.372. The Bertz CT molecular complexity index is 550. The van der Waals surface area contributed by atoms with Gasteiger partial charge in [-0.05, 0) is 49.9 Å². The zero-order valence-electron chi connectivity index (χ0n) is 14.0. The van der Waals surface area contributed by atoms with E-state index < -0.39 is 0 Å². The third-order valence-corrected chi connectivity index (χ3v) is 5.18. The van der Waals surface area contributed by atoms with Crippen LogP contribution in [-0.2, 0) is 14.3 Å². The van der Waals surface area contributed by atoms with Crippen LogP contribution in [0.25, 0.3) is 0 Å². The number of likely N-dealkylation sites (tertiary alicyclic amines) is 1. The number of esters is 1. The van der Waals surface area contributed by atoms with E-state index in [0.29, 0.717) is 5.75 Å². The van der Waals surface area contributed by atoms with Crippen LogP contribution in [0.2, 0.25) is 0 Å². The second-order valence-electron chi connectivity index (χ2n) is 5.86. The standard InChI is InChI=1S/C18H24FNO3S/c1-2-15-5-3-4-11-20(15)17(21)13-23-18(22)10-12-24-16-8-6-14(19)7-9-16/h6-9,15H,2-5,10-13H2,1H3. The fraction of sp³-hybridized carbons (Fsp3) is 0.556. The number of nitrogens with zero attached hydrogens (tertiary/aromatic N) is 1. The molecule has 1 aromatic rings. The van der Waals surface area contributed by atoms with Gasteiger partial charge in [0.25, 0.3) is 5.91 Å². The Morgan fingerprint density at radius 1 is 1.29 bits per heavy atom. The molecule has 132 valence electrons. The van der Waals surface area contributed by atoms with Crippen molar-refractivity contribution in [1.29, 1.82) is 0 Å². The van der Waals surface area contributed by atoms with Gasteiger partial charge in [0, 0.05) is 23.2 Å². The van der Waals surface area contributed by atoms with Crippen molar-refractivity contribution in [2.75, 3.05) is 18.9 Å². The third-order valence-electron chi connectivity index (χ3n) is 4.16. The summed E-state index contributed by atoms with van der Waals surface area (Å²) in [4.78, 5) is 26.7. The van der Waals surface area contributed by atoms with Crippen molar-refractivity contribution in [2.45, 2.75) is 50.0 Å². The number of hydrogen-bond acceptors (Lipinski definition) is 4. The average Bonchev–Trinajstić information content (AvgIpc) is 2.61. The molecule has 1 fully saturated rings. The fourth-order valence-corrected chi connectivity index (χ4v) is 3.67. The van der Waals surface area contributed by atoms with Crippen molar-refractivity contribution in [3.05, 3.63) is 30.1 Å². The fourth-order valence-electron chi connectivity index (χ4n) is 2.83. The quantitative estimate of drug-likeness (QED) is 0.555. The lowest BCUT2D eigenvalue weighted by atomic mass is 10.00. The molecule has 1 unspecified atom stereocenters. The second-order valence-corrected chi connectivity index (χ2v) is 7.03. The van der Waals surface area contributed by atoms with Crippen molar-refractivity contribution in [2.24, 2.45) is 0 Å². The molecule has 0 radical (unpaired) electrons. The summed E-state index contributed by atoms with van der Waals surface area (Å²) in [5, 5.41) is 0. The molecular weight excluding hydrogens is 329 g/mol. The van der Waals surface area contributed by atoms with E-state index in [9.17, 15) is 14.0 Å². The van der Waals surface area contributed by atoms with Gasteiger partial charge in [0.15, 0.2) is 6.61 Å². The van der Waals surface area contributed by atoms with Gasteiger partial charge in [-0.25, -0.2) is 4.39 Å². The zero-order valence-corrected chi connectivity index (χ0v) is 14.8. The lowest BCUT2D eigenvalue weighted by Gasteiger charge is -2.35. The Morgan fingerprint density at radius 3 is 2.75 bits per heavy atom. The van der Waals surface area contributed by atoms with E-state index in [2.05, 4.69) is 6.92 Å². The molecule has 1 aliphatic rings. The van der Waals surface area contributed by atoms with E-state index >= 15 is 0 Å². The summed E-state index contributed by atoms with van der Waals surface area (Å²) in [6.07, 6.45) is 4.37. The number of carbonyl (C=O) groups excluding carboxylic acids is 2. The van der Waals surface area contributed by atoms with E-state index in [-0.39, 0.29) is 36.8 Å². The lowest BCUT2D eigenvalue weighted by Crippen LogP contribution is -2.45. The molecule has 24 heavy (non-hydrogen) atoms. The first-order valence-corrected chi connectivity index (χ1v) is 9.42. The van der Waals surface area contributed by atoms with Crippen LogP contribution in [0.15, 0.2) is 29.2 Å². The largest absolute Gasteiger partial charge is 0.456 e. The number of benzene rings is 1. The van der Waals surface area contributed by atoms with Gasteiger partial charge < -0.3 is 9.64 Å². The van der Waals surface area contributed by atoms with Gasteiger partial charge >= 0.3 is 5.97 Å². The number of carbonyl (C=O) groups is 2. The van der Waals surface area contributed by atoms with Gasteiger partial charge in [-0.3, -0.25) is 9.59 Å². The number of rotatable bonds is 7. The van der Waals surface area contributed by atoms with Crippen molar-refractivity contribution < 1.29 is 18.7 Å². The summed E-state index contributed by atoms with van der Waals surface area (Å²) in [5.74, 6) is -0.204. The molecule has 1 amide bonds. The molecule has 0 spiro atoms. The second kappa shape index (κ2) is 9.67. The van der Waals surface area contributed by atoms with Gasteiger partial charge in [0.1, 0.15) is 5.82 Å². The van der Waals surface area contributed by atoms with Crippen molar-refractivity contribution in [3.8, 4) is 0 Å². The highest BCUT2D eigenvalue weighted by Crippen LogP contribution is 2.20. The Labute approximate surface area is 146 Å².